The summed E-state index contributed by atoms with van der Waals surface area (Å²) in [6, 6.07) is 4.30. The van der Waals surface area contributed by atoms with Crippen molar-refractivity contribution in [2.45, 2.75) is 44.4 Å². The van der Waals surface area contributed by atoms with Crippen molar-refractivity contribution in [2.24, 2.45) is 5.92 Å². The van der Waals surface area contributed by atoms with Crippen LogP contribution in [0.15, 0.2) is 18.2 Å². The zero-order valence-electron chi connectivity index (χ0n) is 10.8. The largest absolute Gasteiger partial charge is 0.391 e. The molecular formula is C14H16ClF4N. The third-order valence-electron chi connectivity index (χ3n) is 3.71. The summed E-state index contributed by atoms with van der Waals surface area (Å²) in [6.45, 7) is 0.416. The van der Waals surface area contributed by atoms with E-state index in [-0.39, 0.29) is 18.9 Å². The SMILES string of the molecule is Fc1cc(Cl)cc(CNC2CCC(C(F)(F)F)CC2)c1. The van der Waals surface area contributed by atoms with Crippen molar-refractivity contribution in [3.05, 3.63) is 34.6 Å². The van der Waals surface area contributed by atoms with E-state index in [0.717, 1.165) is 0 Å². The van der Waals surface area contributed by atoms with Crippen LogP contribution in [-0.4, -0.2) is 12.2 Å². The second-order valence-electron chi connectivity index (χ2n) is 5.25. The maximum Gasteiger partial charge on any atom is 0.391 e. The smallest absolute Gasteiger partial charge is 0.310 e. The molecule has 1 aliphatic rings. The van der Waals surface area contributed by atoms with Gasteiger partial charge in [-0.1, -0.05) is 11.6 Å². The Hall–Kier alpha value is -0.810. The summed E-state index contributed by atoms with van der Waals surface area (Å²) in [4.78, 5) is 0. The predicted molar refractivity (Wildman–Crippen MR) is 70.1 cm³/mol. The fourth-order valence-corrected chi connectivity index (χ4v) is 2.84. The molecule has 0 heterocycles. The first kappa shape index (κ1) is 15.6. The topological polar surface area (TPSA) is 12.0 Å². The Kier molecular flexibility index (Phi) is 4.91. The van der Waals surface area contributed by atoms with Crippen LogP contribution in [0.3, 0.4) is 0 Å². The van der Waals surface area contributed by atoms with Crippen molar-refractivity contribution in [2.75, 3.05) is 0 Å². The minimum absolute atomic E-state index is 0.0515. The molecule has 2 rings (SSSR count). The fourth-order valence-electron chi connectivity index (χ4n) is 2.60. The van der Waals surface area contributed by atoms with Gasteiger partial charge < -0.3 is 5.32 Å². The predicted octanol–water partition coefficient (Wildman–Crippen LogP) is 4.69. The van der Waals surface area contributed by atoms with Gasteiger partial charge >= 0.3 is 6.18 Å². The summed E-state index contributed by atoms with van der Waals surface area (Å²) in [5.74, 6) is -1.58. The van der Waals surface area contributed by atoms with Crippen molar-refractivity contribution in [3.8, 4) is 0 Å². The summed E-state index contributed by atoms with van der Waals surface area (Å²) < 4.78 is 50.7. The molecule has 1 aliphatic carbocycles. The Balaban J connectivity index is 1.81. The molecule has 0 unspecified atom stereocenters. The highest BCUT2D eigenvalue weighted by atomic mass is 35.5. The molecular weight excluding hydrogens is 294 g/mol. The van der Waals surface area contributed by atoms with Gasteiger partial charge in [-0.05, 0) is 49.4 Å². The molecule has 1 aromatic rings. The van der Waals surface area contributed by atoms with Crippen molar-refractivity contribution >= 4 is 11.6 Å². The molecule has 112 valence electrons. The van der Waals surface area contributed by atoms with Gasteiger partial charge in [0.05, 0.1) is 5.92 Å². The number of rotatable bonds is 3. The average Bonchev–Trinajstić information content (AvgIpc) is 2.35. The van der Waals surface area contributed by atoms with Crippen LogP contribution in [0.2, 0.25) is 5.02 Å². The zero-order chi connectivity index (χ0) is 14.8. The summed E-state index contributed by atoms with van der Waals surface area (Å²) in [5.41, 5.74) is 0.702. The summed E-state index contributed by atoms with van der Waals surface area (Å²) in [6.07, 6.45) is -2.78. The van der Waals surface area contributed by atoms with Crippen LogP contribution >= 0.6 is 11.6 Å². The first-order valence-corrected chi connectivity index (χ1v) is 6.97. The van der Waals surface area contributed by atoms with Gasteiger partial charge in [0.1, 0.15) is 5.82 Å². The first-order valence-electron chi connectivity index (χ1n) is 6.59. The molecule has 0 bridgehead atoms. The molecule has 1 saturated carbocycles. The normalized spacial score (nSPS) is 23.9. The molecule has 0 aromatic heterocycles. The van der Waals surface area contributed by atoms with E-state index >= 15 is 0 Å². The Labute approximate surface area is 120 Å². The number of benzene rings is 1. The molecule has 6 heteroatoms. The minimum atomic E-state index is -4.08. The average molecular weight is 310 g/mol. The molecule has 0 spiro atoms. The number of halogens is 5. The quantitative estimate of drug-likeness (QED) is 0.799. The van der Waals surface area contributed by atoms with E-state index in [0.29, 0.717) is 30.0 Å². The summed E-state index contributed by atoms with van der Waals surface area (Å²) in [7, 11) is 0. The van der Waals surface area contributed by atoms with Crippen molar-refractivity contribution in [1.29, 1.82) is 0 Å². The van der Waals surface area contributed by atoms with Crippen molar-refractivity contribution < 1.29 is 17.6 Å². The third kappa shape index (κ3) is 4.35. The Morgan fingerprint density at radius 3 is 2.30 bits per heavy atom. The zero-order valence-corrected chi connectivity index (χ0v) is 11.6. The van der Waals surface area contributed by atoms with Crippen molar-refractivity contribution in [1.82, 2.24) is 5.32 Å². The number of hydrogen-bond donors (Lipinski definition) is 1. The van der Waals surface area contributed by atoms with E-state index < -0.39 is 17.9 Å². The van der Waals surface area contributed by atoms with Crippen LogP contribution < -0.4 is 5.32 Å². The Morgan fingerprint density at radius 1 is 1.10 bits per heavy atom. The Bertz CT molecular complexity index is 433. The van der Waals surface area contributed by atoms with Crippen LogP contribution in [-0.2, 0) is 6.54 Å². The lowest BCUT2D eigenvalue weighted by Gasteiger charge is -2.30. The highest BCUT2D eigenvalue weighted by Crippen LogP contribution is 2.37. The van der Waals surface area contributed by atoms with E-state index in [1.54, 1.807) is 6.07 Å². The summed E-state index contributed by atoms with van der Waals surface area (Å²) >= 11 is 5.75. The third-order valence-corrected chi connectivity index (χ3v) is 3.93. The molecule has 0 atom stereocenters. The van der Waals surface area contributed by atoms with E-state index in [1.807, 2.05) is 0 Å². The van der Waals surface area contributed by atoms with Gasteiger partial charge in [-0.15, -0.1) is 0 Å². The lowest BCUT2D eigenvalue weighted by atomic mass is 9.85. The molecule has 1 nitrogen and oxygen atoms in total. The lowest BCUT2D eigenvalue weighted by molar-refractivity contribution is -0.182. The van der Waals surface area contributed by atoms with Gasteiger partial charge in [-0.25, -0.2) is 4.39 Å². The lowest BCUT2D eigenvalue weighted by Crippen LogP contribution is -2.36. The molecule has 20 heavy (non-hydrogen) atoms. The molecule has 1 aromatic carbocycles. The molecule has 0 saturated heterocycles. The highest BCUT2D eigenvalue weighted by Gasteiger charge is 2.41. The Morgan fingerprint density at radius 2 is 1.75 bits per heavy atom. The van der Waals surface area contributed by atoms with Crippen LogP contribution in [0.5, 0.6) is 0 Å². The van der Waals surface area contributed by atoms with Crippen LogP contribution in [0.1, 0.15) is 31.2 Å². The van der Waals surface area contributed by atoms with E-state index in [9.17, 15) is 17.6 Å². The molecule has 0 amide bonds. The van der Waals surface area contributed by atoms with Gasteiger partial charge in [0.15, 0.2) is 0 Å². The van der Waals surface area contributed by atoms with Gasteiger partial charge in [-0.3, -0.25) is 0 Å². The van der Waals surface area contributed by atoms with Crippen LogP contribution in [0, 0.1) is 11.7 Å². The molecule has 1 N–H and O–H groups in total. The van der Waals surface area contributed by atoms with Gasteiger partial charge in [0.25, 0.3) is 0 Å². The molecule has 1 fully saturated rings. The highest BCUT2D eigenvalue weighted by molar-refractivity contribution is 6.30. The van der Waals surface area contributed by atoms with Gasteiger partial charge in [0, 0.05) is 17.6 Å². The van der Waals surface area contributed by atoms with E-state index in [2.05, 4.69) is 5.32 Å². The van der Waals surface area contributed by atoms with E-state index in [1.165, 1.54) is 12.1 Å². The number of nitrogens with one attached hydrogen (secondary N) is 1. The van der Waals surface area contributed by atoms with Crippen molar-refractivity contribution in [3.63, 3.8) is 0 Å². The maximum absolute atomic E-state index is 13.1. The second-order valence-corrected chi connectivity index (χ2v) is 5.69. The number of hydrogen-bond acceptors (Lipinski definition) is 1. The standard InChI is InChI=1S/C14H16ClF4N/c15-11-5-9(6-12(16)7-11)8-20-13-3-1-10(2-4-13)14(17,18)19/h5-7,10,13,20H,1-4,8H2. The van der Waals surface area contributed by atoms with Gasteiger partial charge in [0.2, 0.25) is 0 Å². The van der Waals surface area contributed by atoms with E-state index in [4.69, 9.17) is 11.6 Å². The first-order chi connectivity index (χ1) is 9.34. The van der Waals surface area contributed by atoms with Crippen LogP contribution in [0.4, 0.5) is 17.6 Å². The second kappa shape index (κ2) is 6.31. The molecule has 0 aliphatic heterocycles. The molecule has 0 radical (unpaired) electrons. The minimum Gasteiger partial charge on any atom is -0.310 e. The fraction of sp³-hybridized carbons (Fsp3) is 0.571. The monoisotopic (exact) mass is 309 g/mol. The summed E-state index contributed by atoms with van der Waals surface area (Å²) in [5, 5.41) is 3.49. The van der Waals surface area contributed by atoms with Gasteiger partial charge in [-0.2, -0.15) is 13.2 Å². The number of alkyl halides is 3. The maximum atomic E-state index is 13.1. The van der Waals surface area contributed by atoms with Crippen LogP contribution in [0.25, 0.3) is 0 Å².